The minimum Gasteiger partial charge on any atom is -0.311 e. The van der Waals surface area contributed by atoms with Gasteiger partial charge in [-0.3, -0.25) is 4.90 Å². The highest BCUT2D eigenvalue weighted by molar-refractivity contribution is 5.28. The Morgan fingerprint density at radius 3 is 2.33 bits per heavy atom. The van der Waals surface area contributed by atoms with Gasteiger partial charge in [0, 0.05) is 5.54 Å². The number of rotatable bonds is 6. The molecule has 21 heavy (non-hydrogen) atoms. The molecule has 118 valence electrons. The smallest absolute Gasteiger partial charge is 0.126 e. The summed E-state index contributed by atoms with van der Waals surface area (Å²) in [5, 5.41) is 3.48. The highest BCUT2D eigenvalue weighted by Crippen LogP contribution is 2.39. The summed E-state index contributed by atoms with van der Waals surface area (Å²) in [4.78, 5) is 2.62. The van der Waals surface area contributed by atoms with Crippen molar-refractivity contribution in [2.24, 2.45) is 0 Å². The highest BCUT2D eigenvalue weighted by Gasteiger charge is 2.42. The van der Waals surface area contributed by atoms with Crippen molar-refractivity contribution in [2.45, 2.75) is 58.0 Å². The highest BCUT2D eigenvalue weighted by atomic mass is 19.1. The van der Waals surface area contributed by atoms with Crippen molar-refractivity contribution in [1.29, 1.82) is 0 Å². The number of likely N-dealkylation sites (tertiary alicyclic amines) is 1. The normalized spacial score (nSPS) is 18.1. The molecule has 2 rings (SSSR count). The first-order valence-electron chi connectivity index (χ1n) is 8.27. The van der Waals surface area contributed by atoms with Crippen molar-refractivity contribution in [1.82, 2.24) is 10.2 Å². The number of hydrogen-bond acceptors (Lipinski definition) is 2. The Labute approximate surface area is 128 Å². The summed E-state index contributed by atoms with van der Waals surface area (Å²) in [6.45, 7) is 8.66. The van der Waals surface area contributed by atoms with Crippen LogP contribution in [-0.2, 0) is 0 Å². The first kappa shape index (κ1) is 16.4. The Bertz CT molecular complexity index is 462. The lowest BCUT2D eigenvalue weighted by Gasteiger charge is -2.47. The van der Waals surface area contributed by atoms with E-state index in [1.54, 1.807) is 6.07 Å². The fourth-order valence-electron chi connectivity index (χ4n) is 3.98. The van der Waals surface area contributed by atoms with E-state index in [1.807, 2.05) is 20.0 Å². The molecule has 1 aromatic rings. The van der Waals surface area contributed by atoms with Crippen LogP contribution in [0.4, 0.5) is 4.39 Å². The van der Waals surface area contributed by atoms with Crippen LogP contribution in [0.5, 0.6) is 0 Å². The molecule has 1 atom stereocenters. The largest absolute Gasteiger partial charge is 0.311 e. The first-order valence-corrected chi connectivity index (χ1v) is 8.27. The SMILES string of the molecule is CCC(CC)(C(NC)c1ccc(C)c(F)c1)N1CCCC1. The minimum absolute atomic E-state index is 0.0763. The van der Waals surface area contributed by atoms with Gasteiger partial charge in [-0.1, -0.05) is 26.0 Å². The zero-order valence-electron chi connectivity index (χ0n) is 13.9. The first-order chi connectivity index (χ1) is 10.1. The van der Waals surface area contributed by atoms with Gasteiger partial charge in [0.15, 0.2) is 0 Å². The molecular formula is C18H29FN2. The Balaban J connectivity index is 2.41. The average Bonchev–Trinajstić information content (AvgIpc) is 3.02. The molecule has 2 nitrogen and oxygen atoms in total. The van der Waals surface area contributed by atoms with Crippen LogP contribution < -0.4 is 5.32 Å². The fourth-order valence-corrected chi connectivity index (χ4v) is 3.98. The summed E-state index contributed by atoms with van der Waals surface area (Å²) in [7, 11) is 2.00. The van der Waals surface area contributed by atoms with Gasteiger partial charge >= 0.3 is 0 Å². The zero-order chi connectivity index (χ0) is 15.5. The van der Waals surface area contributed by atoms with Crippen LogP contribution in [0.2, 0.25) is 0 Å². The van der Waals surface area contributed by atoms with Crippen LogP contribution in [0.1, 0.15) is 56.7 Å². The molecule has 1 saturated heterocycles. The number of likely N-dealkylation sites (N-methyl/N-ethyl adjacent to an activating group) is 1. The van der Waals surface area contributed by atoms with Gasteiger partial charge in [0.2, 0.25) is 0 Å². The Hall–Kier alpha value is -0.930. The van der Waals surface area contributed by atoms with Crippen LogP contribution in [0, 0.1) is 12.7 Å². The topological polar surface area (TPSA) is 15.3 Å². The van der Waals surface area contributed by atoms with Gasteiger partial charge in [0.05, 0.1) is 6.04 Å². The monoisotopic (exact) mass is 292 g/mol. The maximum absolute atomic E-state index is 14.0. The van der Waals surface area contributed by atoms with Gasteiger partial charge < -0.3 is 5.32 Å². The second-order valence-corrected chi connectivity index (χ2v) is 6.24. The molecule has 3 heteroatoms. The van der Waals surface area contributed by atoms with E-state index in [4.69, 9.17) is 0 Å². The van der Waals surface area contributed by atoms with E-state index in [2.05, 4.69) is 30.1 Å². The van der Waals surface area contributed by atoms with Gasteiger partial charge in [-0.2, -0.15) is 0 Å². The number of halogens is 1. The van der Waals surface area contributed by atoms with Crippen molar-refractivity contribution in [3.63, 3.8) is 0 Å². The molecule has 1 N–H and O–H groups in total. The third-order valence-corrected chi connectivity index (χ3v) is 5.32. The summed E-state index contributed by atoms with van der Waals surface area (Å²) < 4.78 is 14.0. The number of benzene rings is 1. The Morgan fingerprint density at radius 2 is 1.86 bits per heavy atom. The van der Waals surface area contributed by atoms with Crippen LogP contribution in [0.3, 0.4) is 0 Å². The minimum atomic E-state index is -0.102. The van der Waals surface area contributed by atoms with E-state index in [0.29, 0.717) is 5.56 Å². The molecule has 0 saturated carbocycles. The summed E-state index contributed by atoms with van der Waals surface area (Å²) >= 11 is 0. The summed E-state index contributed by atoms with van der Waals surface area (Å²) in [6, 6.07) is 5.86. The molecule has 0 amide bonds. The second-order valence-electron chi connectivity index (χ2n) is 6.24. The van der Waals surface area contributed by atoms with Crippen LogP contribution in [-0.4, -0.2) is 30.6 Å². The number of hydrogen-bond donors (Lipinski definition) is 1. The lowest BCUT2D eigenvalue weighted by Crippen LogP contribution is -2.54. The lowest BCUT2D eigenvalue weighted by molar-refractivity contribution is 0.0646. The van der Waals surface area contributed by atoms with E-state index >= 15 is 0 Å². The number of aryl methyl sites for hydroxylation is 1. The molecule has 1 aliphatic heterocycles. The zero-order valence-corrected chi connectivity index (χ0v) is 13.9. The molecule has 1 aliphatic rings. The van der Waals surface area contributed by atoms with Crippen molar-refractivity contribution in [3.05, 3.63) is 35.1 Å². The predicted molar refractivity (Wildman–Crippen MR) is 87.1 cm³/mol. The molecule has 0 aromatic heterocycles. The molecule has 0 spiro atoms. The maximum atomic E-state index is 14.0. The summed E-state index contributed by atoms with van der Waals surface area (Å²) in [5.41, 5.74) is 1.86. The third-order valence-electron chi connectivity index (χ3n) is 5.32. The van der Waals surface area contributed by atoms with Gasteiger partial charge in [0.1, 0.15) is 5.82 Å². The maximum Gasteiger partial charge on any atom is 0.126 e. The summed E-state index contributed by atoms with van der Waals surface area (Å²) in [6.07, 6.45) is 4.70. The number of nitrogens with zero attached hydrogens (tertiary/aromatic N) is 1. The van der Waals surface area contributed by atoms with Gasteiger partial charge in [-0.15, -0.1) is 0 Å². The molecule has 0 aliphatic carbocycles. The lowest BCUT2D eigenvalue weighted by atomic mass is 9.79. The molecular weight excluding hydrogens is 263 g/mol. The Morgan fingerprint density at radius 1 is 1.24 bits per heavy atom. The Kier molecular flexibility index (Phi) is 5.39. The fraction of sp³-hybridized carbons (Fsp3) is 0.667. The van der Waals surface area contributed by atoms with E-state index in [0.717, 1.165) is 31.5 Å². The molecule has 1 unspecified atom stereocenters. The van der Waals surface area contributed by atoms with Crippen LogP contribution in [0.25, 0.3) is 0 Å². The molecule has 0 radical (unpaired) electrons. The van der Waals surface area contributed by atoms with E-state index < -0.39 is 0 Å². The van der Waals surface area contributed by atoms with Gasteiger partial charge in [-0.05, 0) is 69.9 Å². The van der Waals surface area contributed by atoms with E-state index in [9.17, 15) is 4.39 Å². The molecule has 1 fully saturated rings. The van der Waals surface area contributed by atoms with Crippen LogP contribution in [0.15, 0.2) is 18.2 Å². The van der Waals surface area contributed by atoms with Crippen molar-refractivity contribution in [2.75, 3.05) is 20.1 Å². The van der Waals surface area contributed by atoms with Crippen molar-refractivity contribution >= 4 is 0 Å². The predicted octanol–water partition coefficient (Wildman–Crippen LogP) is 4.05. The summed E-state index contributed by atoms with van der Waals surface area (Å²) in [5.74, 6) is -0.102. The van der Waals surface area contributed by atoms with Gasteiger partial charge in [-0.25, -0.2) is 4.39 Å². The van der Waals surface area contributed by atoms with Crippen molar-refractivity contribution < 1.29 is 4.39 Å². The van der Waals surface area contributed by atoms with E-state index in [-0.39, 0.29) is 17.4 Å². The standard InChI is InChI=1S/C18H29FN2/c1-5-18(6-2,21-11-7-8-12-21)17(20-4)15-10-9-14(3)16(19)13-15/h9-10,13,17,20H,5-8,11-12H2,1-4H3. The second kappa shape index (κ2) is 6.89. The van der Waals surface area contributed by atoms with Gasteiger partial charge in [0.25, 0.3) is 0 Å². The number of nitrogens with one attached hydrogen (secondary N) is 1. The quantitative estimate of drug-likeness (QED) is 0.851. The van der Waals surface area contributed by atoms with E-state index in [1.165, 1.54) is 12.8 Å². The molecule has 0 bridgehead atoms. The molecule has 1 heterocycles. The van der Waals surface area contributed by atoms with Crippen molar-refractivity contribution in [3.8, 4) is 0 Å². The molecule has 1 aromatic carbocycles. The average molecular weight is 292 g/mol. The third kappa shape index (κ3) is 3.00. The van der Waals surface area contributed by atoms with Crippen LogP contribution >= 0.6 is 0 Å².